The normalized spacial score (nSPS) is 11.9. The molecule has 5 nitrogen and oxygen atoms in total. The minimum Gasteiger partial charge on any atom is -0.395 e. The topological polar surface area (TPSA) is 69.6 Å². The number of aliphatic hydroxyl groups excluding tert-OH is 1. The van der Waals surface area contributed by atoms with E-state index < -0.39 is 33.2 Å². The fourth-order valence-corrected chi connectivity index (χ4v) is 3.31. The average molecular weight is 320 g/mol. The van der Waals surface area contributed by atoms with E-state index in [0.29, 0.717) is 0 Å². The Morgan fingerprint density at radius 1 is 1.43 bits per heavy atom. The van der Waals surface area contributed by atoms with Crippen LogP contribution < -0.4 is 5.32 Å². The van der Waals surface area contributed by atoms with Crippen molar-refractivity contribution in [2.45, 2.75) is 11.4 Å². The summed E-state index contributed by atoms with van der Waals surface area (Å²) < 4.78 is 53.5. The fourth-order valence-electron chi connectivity index (χ4n) is 1.82. The Hall–Kier alpha value is -1.35. The van der Waals surface area contributed by atoms with Crippen LogP contribution in [0, 0.1) is 11.6 Å². The van der Waals surface area contributed by atoms with Crippen molar-refractivity contribution in [3.8, 4) is 0 Å². The molecular formula is C13H18F2N2O3S. The van der Waals surface area contributed by atoms with Gasteiger partial charge in [-0.2, -0.15) is 4.31 Å². The summed E-state index contributed by atoms with van der Waals surface area (Å²) >= 11 is 0. The smallest absolute Gasteiger partial charge is 0.246 e. The molecule has 0 atom stereocenters. The van der Waals surface area contributed by atoms with Crippen molar-refractivity contribution >= 4 is 10.0 Å². The van der Waals surface area contributed by atoms with Crippen molar-refractivity contribution in [3.05, 3.63) is 42.0 Å². The van der Waals surface area contributed by atoms with Crippen LogP contribution in [0.25, 0.3) is 0 Å². The summed E-state index contributed by atoms with van der Waals surface area (Å²) in [5.41, 5.74) is -0.346. The molecule has 8 heteroatoms. The summed E-state index contributed by atoms with van der Waals surface area (Å²) in [7, 11) is -2.69. The number of hydrogen-bond acceptors (Lipinski definition) is 4. The van der Waals surface area contributed by atoms with Gasteiger partial charge in [-0.15, -0.1) is 6.58 Å². The highest BCUT2D eigenvalue weighted by Crippen LogP contribution is 2.24. The Kier molecular flexibility index (Phi) is 6.41. The van der Waals surface area contributed by atoms with Crippen LogP contribution in [-0.4, -0.2) is 44.6 Å². The molecule has 0 aliphatic rings. The molecule has 118 valence electrons. The number of sulfonamides is 1. The highest BCUT2D eigenvalue weighted by Gasteiger charge is 2.28. The Balaban J connectivity index is 3.36. The summed E-state index contributed by atoms with van der Waals surface area (Å²) in [4.78, 5) is -0.621. The van der Waals surface area contributed by atoms with Gasteiger partial charge in [0.25, 0.3) is 0 Å². The van der Waals surface area contributed by atoms with E-state index in [-0.39, 0.29) is 25.2 Å². The number of rotatable bonds is 8. The van der Waals surface area contributed by atoms with E-state index in [1.807, 2.05) is 0 Å². The van der Waals surface area contributed by atoms with E-state index in [9.17, 15) is 17.2 Å². The molecule has 0 unspecified atom stereocenters. The molecule has 1 aromatic carbocycles. The molecule has 0 aliphatic carbocycles. The van der Waals surface area contributed by atoms with Gasteiger partial charge in [0.2, 0.25) is 10.0 Å². The second-order valence-electron chi connectivity index (χ2n) is 4.24. The van der Waals surface area contributed by atoms with Gasteiger partial charge in [-0.3, -0.25) is 0 Å². The monoisotopic (exact) mass is 320 g/mol. The van der Waals surface area contributed by atoms with Crippen molar-refractivity contribution in [3.63, 3.8) is 0 Å². The number of nitrogens with one attached hydrogen (secondary N) is 1. The maximum atomic E-state index is 14.3. The van der Waals surface area contributed by atoms with Crippen molar-refractivity contribution in [2.24, 2.45) is 0 Å². The Labute approximate surface area is 122 Å². The van der Waals surface area contributed by atoms with Crippen molar-refractivity contribution in [1.29, 1.82) is 0 Å². The predicted molar refractivity (Wildman–Crippen MR) is 75.2 cm³/mol. The molecule has 0 aromatic heterocycles. The van der Waals surface area contributed by atoms with E-state index in [4.69, 9.17) is 5.11 Å². The second-order valence-corrected chi connectivity index (χ2v) is 6.15. The van der Waals surface area contributed by atoms with Gasteiger partial charge < -0.3 is 10.4 Å². The number of benzene rings is 1. The third-order valence-electron chi connectivity index (χ3n) is 2.80. The third-order valence-corrected chi connectivity index (χ3v) is 4.69. The van der Waals surface area contributed by atoms with Crippen molar-refractivity contribution < 1.29 is 22.3 Å². The van der Waals surface area contributed by atoms with E-state index in [1.165, 1.54) is 13.1 Å². The molecule has 0 bridgehead atoms. The standard InChI is InChI=1S/C13H18F2N2O3S/c1-3-6-17(7-8-18)21(19,20)12-5-4-11(14)10(9-16-2)13(12)15/h3-5,16,18H,1,6-9H2,2H3. The lowest BCUT2D eigenvalue weighted by molar-refractivity contribution is 0.260. The summed E-state index contributed by atoms with van der Waals surface area (Å²) in [6, 6.07) is 1.79. The van der Waals surface area contributed by atoms with Crippen LogP contribution in [0.4, 0.5) is 8.78 Å². The number of halogens is 2. The van der Waals surface area contributed by atoms with E-state index >= 15 is 0 Å². The lowest BCUT2D eigenvalue weighted by Crippen LogP contribution is -2.34. The zero-order valence-electron chi connectivity index (χ0n) is 11.6. The zero-order valence-corrected chi connectivity index (χ0v) is 12.5. The van der Waals surface area contributed by atoms with Gasteiger partial charge in [0.1, 0.15) is 10.7 Å². The minimum absolute atomic E-state index is 0.0823. The van der Waals surface area contributed by atoms with Gasteiger partial charge >= 0.3 is 0 Å². The molecule has 0 saturated heterocycles. The van der Waals surface area contributed by atoms with Crippen molar-refractivity contribution in [1.82, 2.24) is 9.62 Å². The van der Waals surface area contributed by atoms with Crippen LogP contribution in [0.5, 0.6) is 0 Å². The Morgan fingerprint density at radius 2 is 2.10 bits per heavy atom. The lowest BCUT2D eigenvalue weighted by atomic mass is 10.2. The number of hydrogen-bond donors (Lipinski definition) is 2. The largest absolute Gasteiger partial charge is 0.395 e. The zero-order chi connectivity index (χ0) is 16.0. The van der Waals surface area contributed by atoms with Gasteiger partial charge in [0, 0.05) is 25.2 Å². The Bertz CT molecular complexity index is 606. The molecule has 0 saturated carbocycles. The van der Waals surface area contributed by atoms with Gasteiger partial charge in [0.05, 0.1) is 6.61 Å². The highest BCUT2D eigenvalue weighted by atomic mass is 32.2. The SMILES string of the molecule is C=CCN(CCO)S(=O)(=O)c1ccc(F)c(CNC)c1F. The lowest BCUT2D eigenvalue weighted by Gasteiger charge is -2.20. The van der Waals surface area contributed by atoms with Crippen LogP contribution >= 0.6 is 0 Å². The van der Waals surface area contributed by atoms with Gasteiger partial charge in [-0.25, -0.2) is 17.2 Å². The molecule has 0 spiro atoms. The van der Waals surface area contributed by atoms with Crippen LogP contribution in [0.3, 0.4) is 0 Å². The molecule has 0 radical (unpaired) electrons. The van der Waals surface area contributed by atoms with Crippen LogP contribution in [0.1, 0.15) is 5.56 Å². The molecule has 0 heterocycles. The summed E-state index contributed by atoms with van der Waals surface area (Å²) in [6.07, 6.45) is 1.32. The third kappa shape index (κ3) is 3.85. The fraction of sp³-hybridized carbons (Fsp3) is 0.385. The van der Waals surface area contributed by atoms with Crippen molar-refractivity contribution in [2.75, 3.05) is 26.7 Å². The first kappa shape index (κ1) is 17.7. The molecule has 0 aliphatic heterocycles. The maximum Gasteiger partial charge on any atom is 0.246 e. The average Bonchev–Trinajstić information content (AvgIpc) is 2.43. The minimum atomic E-state index is -4.18. The van der Waals surface area contributed by atoms with E-state index in [2.05, 4.69) is 11.9 Å². The summed E-state index contributed by atoms with van der Waals surface area (Å²) in [5, 5.41) is 11.5. The van der Waals surface area contributed by atoms with Gasteiger partial charge in [-0.05, 0) is 19.2 Å². The number of aliphatic hydroxyl groups is 1. The number of nitrogens with zero attached hydrogens (tertiary/aromatic N) is 1. The predicted octanol–water partition coefficient (Wildman–Crippen LogP) is 0.853. The first-order valence-electron chi connectivity index (χ1n) is 6.23. The molecule has 2 N–H and O–H groups in total. The maximum absolute atomic E-state index is 14.3. The Morgan fingerprint density at radius 3 is 2.62 bits per heavy atom. The van der Waals surface area contributed by atoms with Crippen LogP contribution in [0.15, 0.2) is 29.7 Å². The highest BCUT2D eigenvalue weighted by molar-refractivity contribution is 7.89. The molecule has 1 aromatic rings. The molecule has 21 heavy (non-hydrogen) atoms. The van der Waals surface area contributed by atoms with Gasteiger partial charge in [0.15, 0.2) is 5.82 Å². The molecular weight excluding hydrogens is 302 g/mol. The van der Waals surface area contributed by atoms with Crippen LogP contribution in [0.2, 0.25) is 0 Å². The van der Waals surface area contributed by atoms with Crippen LogP contribution in [-0.2, 0) is 16.6 Å². The first-order chi connectivity index (χ1) is 9.89. The van der Waals surface area contributed by atoms with E-state index in [0.717, 1.165) is 16.4 Å². The summed E-state index contributed by atoms with van der Waals surface area (Å²) in [5.74, 6) is -1.95. The molecule has 0 fully saturated rings. The molecule has 0 amide bonds. The molecule has 1 rings (SSSR count). The summed E-state index contributed by atoms with van der Waals surface area (Å²) in [6.45, 7) is 2.58. The van der Waals surface area contributed by atoms with Gasteiger partial charge in [-0.1, -0.05) is 6.08 Å². The quantitative estimate of drug-likeness (QED) is 0.697. The first-order valence-corrected chi connectivity index (χ1v) is 7.67. The second kappa shape index (κ2) is 7.60. The van der Waals surface area contributed by atoms with E-state index in [1.54, 1.807) is 0 Å².